The Morgan fingerprint density at radius 1 is 1.56 bits per heavy atom. The molecule has 0 aliphatic heterocycles. The van der Waals surface area contributed by atoms with Gasteiger partial charge in [-0.2, -0.15) is 0 Å². The van der Waals surface area contributed by atoms with Gasteiger partial charge in [0.25, 0.3) is 0 Å². The van der Waals surface area contributed by atoms with Gasteiger partial charge in [-0.1, -0.05) is 0 Å². The van der Waals surface area contributed by atoms with Gasteiger partial charge >= 0.3 is 5.97 Å². The lowest BCUT2D eigenvalue weighted by Gasteiger charge is -1.99. The summed E-state index contributed by atoms with van der Waals surface area (Å²) >= 11 is 2.25. The summed E-state index contributed by atoms with van der Waals surface area (Å²) < 4.78 is 7.72. The Balaban J connectivity index is 2.44. The normalized spacial score (nSPS) is 10.7. The maximum atomic E-state index is 11.1. The van der Waals surface area contributed by atoms with Crippen molar-refractivity contribution in [1.29, 1.82) is 0 Å². The van der Waals surface area contributed by atoms with Gasteiger partial charge in [0, 0.05) is 15.5 Å². The molecule has 2 rings (SSSR count). The zero-order chi connectivity index (χ0) is 11.7. The van der Waals surface area contributed by atoms with Crippen LogP contribution < -0.4 is 0 Å². The van der Waals surface area contributed by atoms with Crippen LogP contribution in [0.25, 0.3) is 5.65 Å². The summed E-state index contributed by atoms with van der Waals surface area (Å²) in [6.07, 6.45) is 2.09. The predicted molar refractivity (Wildman–Crippen MR) is 68.4 cm³/mol. The van der Waals surface area contributed by atoms with Gasteiger partial charge < -0.3 is 9.14 Å². The molecule has 0 N–H and O–H groups in total. The van der Waals surface area contributed by atoms with E-state index >= 15 is 0 Å². The molecule has 5 heteroatoms. The van der Waals surface area contributed by atoms with E-state index in [4.69, 9.17) is 0 Å². The van der Waals surface area contributed by atoms with Gasteiger partial charge in [0.15, 0.2) is 0 Å². The lowest BCUT2D eigenvalue weighted by atomic mass is 10.3. The monoisotopic (exact) mass is 330 g/mol. The van der Waals surface area contributed by atoms with Crippen LogP contribution in [-0.4, -0.2) is 22.5 Å². The Morgan fingerprint density at radius 2 is 2.31 bits per heavy atom. The molecule has 0 atom stereocenters. The molecular weight excluding hydrogens is 319 g/mol. The molecule has 0 aromatic carbocycles. The second kappa shape index (κ2) is 4.40. The van der Waals surface area contributed by atoms with E-state index in [2.05, 4.69) is 38.4 Å². The van der Waals surface area contributed by atoms with Crippen molar-refractivity contribution in [1.82, 2.24) is 9.38 Å². The van der Waals surface area contributed by atoms with E-state index in [1.165, 1.54) is 7.11 Å². The number of hydrogen-bond acceptors (Lipinski definition) is 3. The molecule has 0 spiro atoms. The first-order valence-corrected chi connectivity index (χ1v) is 5.89. The van der Waals surface area contributed by atoms with Gasteiger partial charge in [-0.25, -0.2) is 4.98 Å². The molecule has 2 heterocycles. The predicted octanol–water partition coefficient (Wildman–Crippen LogP) is 1.96. The van der Waals surface area contributed by atoms with Gasteiger partial charge in [0.2, 0.25) is 0 Å². The van der Waals surface area contributed by atoms with Crippen molar-refractivity contribution in [2.24, 2.45) is 0 Å². The standard InChI is InChI=1S/C11H11IN2O2/c1-7-3-8(12)4-10-13-9(6-14(7)10)5-11(15)16-2/h3-4,6H,5H2,1-2H3. The van der Waals surface area contributed by atoms with Crippen LogP contribution in [0.1, 0.15) is 11.4 Å². The zero-order valence-electron chi connectivity index (χ0n) is 9.03. The number of esters is 1. The number of carbonyl (C=O) groups excluding carboxylic acids is 1. The average Bonchev–Trinajstić information content (AvgIpc) is 2.60. The number of halogens is 1. The first kappa shape index (κ1) is 11.4. The molecule has 0 fully saturated rings. The van der Waals surface area contributed by atoms with Crippen molar-refractivity contribution in [2.45, 2.75) is 13.3 Å². The smallest absolute Gasteiger partial charge is 0.311 e. The minimum Gasteiger partial charge on any atom is -0.469 e. The number of aryl methyl sites for hydroxylation is 1. The van der Waals surface area contributed by atoms with E-state index in [-0.39, 0.29) is 12.4 Å². The lowest BCUT2D eigenvalue weighted by molar-refractivity contribution is -0.139. The third kappa shape index (κ3) is 2.18. The van der Waals surface area contributed by atoms with Crippen LogP contribution in [0.15, 0.2) is 18.3 Å². The molecule has 4 nitrogen and oxygen atoms in total. The van der Waals surface area contributed by atoms with Crippen molar-refractivity contribution < 1.29 is 9.53 Å². The van der Waals surface area contributed by atoms with E-state index < -0.39 is 0 Å². The molecular formula is C11H11IN2O2. The molecule has 84 valence electrons. The Kier molecular flexibility index (Phi) is 3.13. The summed E-state index contributed by atoms with van der Waals surface area (Å²) in [6.45, 7) is 2.01. The second-order valence-corrected chi connectivity index (χ2v) is 4.77. The van der Waals surface area contributed by atoms with Gasteiger partial charge in [-0.3, -0.25) is 4.79 Å². The van der Waals surface area contributed by atoms with Gasteiger partial charge in [-0.15, -0.1) is 0 Å². The van der Waals surface area contributed by atoms with Gasteiger partial charge in [0.05, 0.1) is 19.2 Å². The molecule has 0 saturated carbocycles. The molecule has 0 bridgehead atoms. The maximum Gasteiger partial charge on any atom is 0.311 e. The Hall–Kier alpha value is -1.11. The molecule has 0 aliphatic rings. The van der Waals surface area contributed by atoms with E-state index in [9.17, 15) is 4.79 Å². The number of fused-ring (bicyclic) bond motifs is 1. The third-order valence-electron chi connectivity index (χ3n) is 2.33. The van der Waals surface area contributed by atoms with Crippen LogP contribution in [0.4, 0.5) is 0 Å². The molecule has 0 saturated heterocycles. The maximum absolute atomic E-state index is 11.1. The summed E-state index contributed by atoms with van der Waals surface area (Å²) in [5.74, 6) is -0.268. The number of imidazole rings is 1. The van der Waals surface area contributed by atoms with Crippen LogP contribution >= 0.6 is 22.6 Å². The van der Waals surface area contributed by atoms with E-state index in [1.54, 1.807) is 0 Å². The average molecular weight is 330 g/mol. The molecule has 2 aromatic heterocycles. The Bertz CT molecular complexity index is 548. The second-order valence-electron chi connectivity index (χ2n) is 3.53. The van der Waals surface area contributed by atoms with Crippen LogP contribution in [0.5, 0.6) is 0 Å². The fourth-order valence-electron chi connectivity index (χ4n) is 1.57. The fourth-order valence-corrected chi connectivity index (χ4v) is 2.30. The highest BCUT2D eigenvalue weighted by Crippen LogP contribution is 2.14. The van der Waals surface area contributed by atoms with Gasteiger partial charge in [-0.05, 0) is 41.6 Å². The topological polar surface area (TPSA) is 43.6 Å². The number of pyridine rings is 1. The van der Waals surface area contributed by atoms with Crippen molar-refractivity contribution in [2.75, 3.05) is 7.11 Å². The summed E-state index contributed by atoms with van der Waals surface area (Å²) in [5, 5.41) is 0. The third-order valence-corrected chi connectivity index (χ3v) is 2.95. The van der Waals surface area contributed by atoms with E-state index in [0.29, 0.717) is 0 Å². The molecule has 16 heavy (non-hydrogen) atoms. The number of rotatable bonds is 2. The van der Waals surface area contributed by atoms with E-state index in [1.807, 2.05) is 23.6 Å². The summed E-state index contributed by atoms with van der Waals surface area (Å²) in [7, 11) is 1.38. The Morgan fingerprint density at radius 3 is 3.00 bits per heavy atom. The number of hydrogen-bond donors (Lipinski definition) is 0. The highest BCUT2D eigenvalue weighted by molar-refractivity contribution is 14.1. The number of nitrogens with zero attached hydrogens (tertiary/aromatic N) is 2. The number of aromatic nitrogens is 2. The summed E-state index contributed by atoms with van der Waals surface area (Å²) in [5.41, 5.74) is 2.70. The number of methoxy groups -OCH3 is 1. The Labute approximate surface area is 107 Å². The first-order chi connectivity index (χ1) is 7.60. The van der Waals surface area contributed by atoms with E-state index in [0.717, 1.165) is 20.6 Å². The number of ether oxygens (including phenoxy) is 1. The summed E-state index contributed by atoms with van der Waals surface area (Å²) in [6, 6.07) is 4.05. The molecule has 0 aliphatic carbocycles. The van der Waals surface area contributed by atoms with Crippen LogP contribution in [0.3, 0.4) is 0 Å². The number of carbonyl (C=O) groups is 1. The summed E-state index contributed by atoms with van der Waals surface area (Å²) in [4.78, 5) is 15.5. The first-order valence-electron chi connectivity index (χ1n) is 4.81. The molecule has 0 unspecified atom stereocenters. The SMILES string of the molecule is COC(=O)Cc1cn2c(C)cc(I)cc2n1. The van der Waals surface area contributed by atoms with Crippen molar-refractivity contribution in [3.63, 3.8) is 0 Å². The van der Waals surface area contributed by atoms with Crippen LogP contribution in [0.2, 0.25) is 0 Å². The van der Waals surface area contributed by atoms with Crippen LogP contribution in [0, 0.1) is 10.5 Å². The van der Waals surface area contributed by atoms with Crippen molar-refractivity contribution in [3.8, 4) is 0 Å². The molecule has 0 radical (unpaired) electrons. The zero-order valence-corrected chi connectivity index (χ0v) is 11.2. The fraction of sp³-hybridized carbons (Fsp3) is 0.273. The lowest BCUT2D eigenvalue weighted by Crippen LogP contribution is -2.04. The highest BCUT2D eigenvalue weighted by atomic mass is 127. The van der Waals surface area contributed by atoms with Crippen molar-refractivity contribution in [3.05, 3.63) is 33.3 Å². The highest BCUT2D eigenvalue weighted by Gasteiger charge is 2.08. The molecule has 0 amide bonds. The quantitative estimate of drug-likeness (QED) is 0.625. The van der Waals surface area contributed by atoms with Crippen LogP contribution in [-0.2, 0) is 16.0 Å². The molecule has 2 aromatic rings. The largest absolute Gasteiger partial charge is 0.469 e. The van der Waals surface area contributed by atoms with Crippen molar-refractivity contribution >= 4 is 34.2 Å². The minimum absolute atomic E-state index is 0.216. The van der Waals surface area contributed by atoms with Gasteiger partial charge in [0.1, 0.15) is 5.65 Å². The minimum atomic E-state index is -0.268.